The highest BCUT2D eigenvalue weighted by Gasteiger charge is 2.26. The van der Waals surface area contributed by atoms with E-state index in [0.717, 1.165) is 0 Å². The minimum atomic E-state index is -0.258. The first-order valence-electron chi connectivity index (χ1n) is 5.91. The van der Waals surface area contributed by atoms with Gasteiger partial charge in [-0.3, -0.25) is 0 Å². The van der Waals surface area contributed by atoms with E-state index >= 15 is 0 Å². The molecule has 1 saturated heterocycles. The summed E-state index contributed by atoms with van der Waals surface area (Å²) in [5.41, 5.74) is 0. The van der Waals surface area contributed by atoms with Gasteiger partial charge in [-0.1, -0.05) is 6.92 Å². The van der Waals surface area contributed by atoms with E-state index in [0.29, 0.717) is 25.5 Å². The molecule has 1 N–H and O–H groups in total. The Morgan fingerprint density at radius 2 is 1.78 bits per heavy atom. The first-order valence-corrected chi connectivity index (χ1v) is 5.91. The van der Waals surface area contributed by atoms with Crippen molar-refractivity contribution >= 4 is 5.95 Å². The van der Waals surface area contributed by atoms with E-state index in [4.69, 9.17) is 9.47 Å². The number of nitrogens with zero attached hydrogens (tertiary/aromatic N) is 4. The van der Waals surface area contributed by atoms with Crippen LogP contribution in [0.5, 0.6) is 12.0 Å². The Balaban J connectivity index is 2.22. The van der Waals surface area contributed by atoms with E-state index in [2.05, 4.69) is 15.0 Å². The molecule has 0 aromatic carbocycles. The van der Waals surface area contributed by atoms with Crippen LogP contribution in [0.4, 0.5) is 5.95 Å². The zero-order valence-corrected chi connectivity index (χ0v) is 10.8. The van der Waals surface area contributed by atoms with Gasteiger partial charge in [0.25, 0.3) is 0 Å². The topological polar surface area (TPSA) is 80.6 Å². The van der Waals surface area contributed by atoms with Crippen LogP contribution in [0.15, 0.2) is 0 Å². The molecule has 0 radical (unpaired) electrons. The van der Waals surface area contributed by atoms with Gasteiger partial charge in [0.05, 0.1) is 20.3 Å². The molecule has 0 aliphatic carbocycles. The van der Waals surface area contributed by atoms with Crippen LogP contribution in [0.25, 0.3) is 0 Å². The number of aliphatic hydroxyl groups excluding tert-OH is 1. The monoisotopic (exact) mass is 254 g/mol. The third-order valence-corrected chi connectivity index (χ3v) is 3.09. The van der Waals surface area contributed by atoms with E-state index < -0.39 is 0 Å². The van der Waals surface area contributed by atoms with Gasteiger partial charge in [-0.25, -0.2) is 0 Å². The lowest BCUT2D eigenvalue weighted by Gasteiger charge is -2.34. The first kappa shape index (κ1) is 12.8. The molecule has 7 heteroatoms. The number of ether oxygens (including phenoxy) is 2. The van der Waals surface area contributed by atoms with Crippen molar-refractivity contribution in [3.8, 4) is 12.0 Å². The minimum Gasteiger partial charge on any atom is -0.467 e. The summed E-state index contributed by atoms with van der Waals surface area (Å²) in [6, 6.07) is 0.464. The van der Waals surface area contributed by atoms with Gasteiger partial charge in [0.1, 0.15) is 0 Å². The van der Waals surface area contributed by atoms with E-state index in [-0.39, 0.29) is 24.0 Å². The third-order valence-electron chi connectivity index (χ3n) is 3.09. The van der Waals surface area contributed by atoms with Crippen molar-refractivity contribution < 1.29 is 14.6 Å². The van der Waals surface area contributed by atoms with Gasteiger partial charge >= 0.3 is 12.0 Å². The van der Waals surface area contributed by atoms with Gasteiger partial charge in [-0.05, 0) is 12.3 Å². The van der Waals surface area contributed by atoms with Crippen molar-refractivity contribution in [2.45, 2.75) is 19.4 Å². The molecule has 18 heavy (non-hydrogen) atoms. The predicted octanol–water partition coefficient (Wildman–Crippen LogP) is 0.0959. The molecule has 1 aliphatic heterocycles. The largest absolute Gasteiger partial charge is 0.467 e. The molecule has 2 unspecified atom stereocenters. The Bertz CT molecular complexity index is 393. The SMILES string of the molecule is COc1nc(OC)nc(N2CCC(O)C(C)C2)n1. The van der Waals surface area contributed by atoms with Gasteiger partial charge < -0.3 is 19.5 Å². The van der Waals surface area contributed by atoms with Crippen molar-refractivity contribution in [2.75, 3.05) is 32.2 Å². The molecule has 2 atom stereocenters. The van der Waals surface area contributed by atoms with Crippen LogP contribution in [0.2, 0.25) is 0 Å². The second-order valence-electron chi connectivity index (χ2n) is 4.39. The molecule has 0 saturated carbocycles. The van der Waals surface area contributed by atoms with Crippen LogP contribution in [-0.4, -0.2) is 53.5 Å². The maximum atomic E-state index is 9.71. The highest BCUT2D eigenvalue weighted by molar-refractivity contribution is 5.33. The van der Waals surface area contributed by atoms with E-state index in [1.165, 1.54) is 14.2 Å². The van der Waals surface area contributed by atoms with Crippen molar-refractivity contribution in [2.24, 2.45) is 5.92 Å². The summed E-state index contributed by atoms with van der Waals surface area (Å²) in [4.78, 5) is 14.4. The number of rotatable bonds is 3. The van der Waals surface area contributed by atoms with Gasteiger partial charge in [-0.15, -0.1) is 4.98 Å². The van der Waals surface area contributed by atoms with Gasteiger partial charge in [0, 0.05) is 13.1 Å². The summed E-state index contributed by atoms with van der Waals surface area (Å²) in [6.45, 7) is 3.42. The Kier molecular flexibility index (Phi) is 3.81. The summed E-state index contributed by atoms with van der Waals surface area (Å²) >= 11 is 0. The van der Waals surface area contributed by atoms with Crippen molar-refractivity contribution in [3.05, 3.63) is 0 Å². The fourth-order valence-corrected chi connectivity index (χ4v) is 1.97. The number of hydrogen-bond acceptors (Lipinski definition) is 7. The summed E-state index contributed by atoms with van der Waals surface area (Å²) in [6.07, 6.45) is 0.448. The molecule has 1 aliphatic rings. The summed E-state index contributed by atoms with van der Waals surface area (Å²) in [5, 5.41) is 9.71. The molecule has 2 rings (SSSR count). The molecule has 1 aromatic rings. The van der Waals surface area contributed by atoms with Crippen LogP contribution in [0.1, 0.15) is 13.3 Å². The smallest absolute Gasteiger partial charge is 0.324 e. The zero-order chi connectivity index (χ0) is 13.1. The van der Waals surface area contributed by atoms with Crippen LogP contribution < -0.4 is 14.4 Å². The van der Waals surface area contributed by atoms with Crippen molar-refractivity contribution in [3.63, 3.8) is 0 Å². The average molecular weight is 254 g/mol. The normalized spacial score (nSPS) is 23.9. The average Bonchev–Trinajstić information content (AvgIpc) is 2.41. The highest BCUT2D eigenvalue weighted by Crippen LogP contribution is 2.22. The zero-order valence-electron chi connectivity index (χ0n) is 10.8. The Hall–Kier alpha value is -1.63. The van der Waals surface area contributed by atoms with Gasteiger partial charge in [-0.2, -0.15) is 9.97 Å². The van der Waals surface area contributed by atoms with E-state index in [1.807, 2.05) is 11.8 Å². The van der Waals surface area contributed by atoms with Gasteiger partial charge in [0.2, 0.25) is 5.95 Å². The third kappa shape index (κ3) is 2.61. The van der Waals surface area contributed by atoms with Crippen LogP contribution in [0, 0.1) is 5.92 Å². The molecule has 100 valence electrons. The maximum absolute atomic E-state index is 9.71. The Morgan fingerprint density at radius 3 is 2.28 bits per heavy atom. The number of aromatic nitrogens is 3. The second kappa shape index (κ2) is 5.34. The lowest BCUT2D eigenvalue weighted by molar-refractivity contribution is 0.0965. The molecule has 0 bridgehead atoms. The number of piperidine rings is 1. The van der Waals surface area contributed by atoms with E-state index in [9.17, 15) is 5.11 Å². The molecule has 1 fully saturated rings. The number of methoxy groups -OCH3 is 2. The van der Waals surface area contributed by atoms with E-state index in [1.54, 1.807) is 0 Å². The molecule has 1 aromatic heterocycles. The molecule has 7 nitrogen and oxygen atoms in total. The molecule has 0 amide bonds. The number of anilines is 1. The summed E-state index contributed by atoms with van der Waals surface area (Å²) in [7, 11) is 3.00. The molecule has 2 heterocycles. The van der Waals surface area contributed by atoms with Crippen LogP contribution >= 0.6 is 0 Å². The summed E-state index contributed by atoms with van der Waals surface area (Å²) < 4.78 is 10.0. The van der Waals surface area contributed by atoms with Gasteiger partial charge in [0.15, 0.2) is 0 Å². The molecular weight excluding hydrogens is 236 g/mol. The number of aliphatic hydroxyl groups is 1. The lowest BCUT2D eigenvalue weighted by atomic mass is 9.97. The van der Waals surface area contributed by atoms with Crippen LogP contribution in [0.3, 0.4) is 0 Å². The quantitative estimate of drug-likeness (QED) is 0.819. The lowest BCUT2D eigenvalue weighted by Crippen LogP contribution is -2.42. The van der Waals surface area contributed by atoms with Crippen molar-refractivity contribution in [1.82, 2.24) is 15.0 Å². The fourth-order valence-electron chi connectivity index (χ4n) is 1.97. The summed E-state index contributed by atoms with van der Waals surface area (Å²) in [5.74, 6) is 0.713. The highest BCUT2D eigenvalue weighted by atomic mass is 16.5. The molecular formula is C11H18N4O3. The van der Waals surface area contributed by atoms with Crippen molar-refractivity contribution in [1.29, 1.82) is 0 Å². The van der Waals surface area contributed by atoms with Crippen LogP contribution in [-0.2, 0) is 0 Å². The fraction of sp³-hybridized carbons (Fsp3) is 0.727. The Labute approximate surface area is 106 Å². The predicted molar refractivity (Wildman–Crippen MR) is 64.9 cm³/mol. The minimum absolute atomic E-state index is 0.188. The molecule has 0 spiro atoms. The standard InChI is InChI=1S/C11H18N4O3/c1-7-6-15(5-4-8(7)16)9-12-10(17-2)14-11(13-9)18-3/h7-8,16H,4-6H2,1-3H3. The second-order valence-corrected chi connectivity index (χ2v) is 4.39. The Morgan fingerprint density at radius 1 is 1.17 bits per heavy atom. The number of hydrogen-bond donors (Lipinski definition) is 1. The maximum Gasteiger partial charge on any atom is 0.324 e. The first-order chi connectivity index (χ1) is 8.63.